The highest BCUT2D eigenvalue weighted by molar-refractivity contribution is 9.10. The summed E-state index contributed by atoms with van der Waals surface area (Å²) >= 11 is 4.86. The summed E-state index contributed by atoms with van der Waals surface area (Å²) in [6.07, 6.45) is 6.41. The predicted molar refractivity (Wildman–Crippen MR) is 99.8 cm³/mol. The van der Waals surface area contributed by atoms with Crippen LogP contribution in [0.3, 0.4) is 0 Å². The van der Waals surface area contributed by atoms with E-state index in [1.165, 1.54) is 43.9 Å². The Balaban J connectivity index is 1.46. The predicted octanol–water partition coefficient (Wildman–Crippen LogP) is 4.02. The highest BCUT2D eigenvalue weighted by Gasteiger charge is 2.15. The number of hydrogen-bond donors (Lipinski definition) is 2. The molecule has 2 N–H and O–H groups in total. The summed E-state index contributed by atoms with van der Waals surface area (Å²) < 4.78 is 0.961. The summed E-state index contributed by atoms with van der Waals surface area (Å²) in [7, 11) is 0. The normalized spacial score (nSPS) is 15.4. The van der Waals surface area contributed by atoms with Crippen molar-refractivity contribution in [3.8, 4) is 11.4 Å². The van der Waals surface area contributed by atoms with E-state index in [-0.39, 0.29) is 5.91 Å². The number of thioether (sulfide) groups is 1. The maximum Gasteiger partial charge on any atom is 0.230 e. The van der Waals surface area contributed by atoms with Crippen LogP contribution in [0.25, 0.3) is 11.4 Å². The second kappa shape index (κ2) is 8.67. The average molecular weight is 409 g/mol. The standard InChI is InChI=1S/C17H21BrN4OS/c18-14-9-5-4-8-13(14)16-20-17(22-21-16)24-11-15(23)19-10-12-6-2-1-3-7-12/h4-5,8-9,12H,1-3,6-7,10-11H2,(H,19,23)(H,20,21,22). The quantitative estimate of drug-likeness (QED) is 0.707. The third-order valence-electron chi connectivity index (χ3n) is 4.24. The molecule has 1 amide bonds. The van der Waals surface area contributed by atoms with Crippen molar-refractivity contribution in [1.29, 1.82) is 0 Å². The van der Waals surface area contributed by atoms with Gasteiger partial charge in [-0.05, 0) is 24.8 Å². The summed E-state index contributed by atoms with van der Waals surface area (Å²) in [5.41, 5.74) is 0.957. The fraction of sp³-hybridized carbons (Fsp3) is 0.471. The van der Waals surface area contributed by atoms with Crippen LogP contribution in [-0.4, -0.2) is 33.4 Å². The van der Waals surface area contributed by atoms with Crippen molar-refractivity contribution in [3.63, 3.8) is 0 Å². The van der Waals surface area contributed by atoms with Gasteiger partial charge in [0.25, 0.3) is 0 Å². The topological polar surface area (TPSA) is 70.7 Å². The largest absolute Gasteiger partial charge is 0.355 e. The van der Waals surface area contributed by atoms with E-state index in [9.17, 15) is 4.79 Å². The molecule has 0 bridgehead atoms. The third kappa shape index (κ3) is 4.83. The molecular formula is C17H21BrN4OS. The number of H-pyrrole nitrogens is 1. The first-order valence-electron chi connectivity index (χ1n) is 8.29. The lowest BCUT2D eigenvalue weighted by molar-refractivity contribution is -0.118. The summed E-state index contributed by atoms with van der Waals surface area (Å²) in [6, 6.07) is 7.84. The molecule has 0 atom stereocenters. The molecule has 1 aromatic heterocycles. The lowest BCUT2D eigenvalue weighted by Gasteiger charge is -2.21. The SMILES string of the molecule is O=C(CSc1n[nH]c(-c2ccccc2Br)n1)NCC1CCCCC1. The zero-order valence-electron chi connectivity index (χ0n) is 13.4. The van der Waals surface area contributed by atoms with E-state index in [1.807, 2.05) is 24.3 Å². The molecule has 0 aliphatic heterocycles. The molecule has 1 fully saturated rings. The van der Waals surface area contributed by atoms with E-state index >= 15 is 0 Å². The Hall–Kier alpha value is -1.34. The van der Waals surface area contributed by atoms with E-state index in [2.05, 4.69) is 36.4 Å². The van der Waals surface area contributed by atoms with E-state index in [0.29, 0.717) is 22.7 Å². The molecule has 1 aliphatic rings. The lowest BCUT2D eigenvalue weighted by atomic mass is 9.89. The van der Waals surface area contributed by atoms with Gasteiger partial charge in [-0.1, -0.05) is 65.2 Å². The van der Waals surface area contributed by atoms with E-state index < -0.39 is 0 Å². The summed E-state index contributed by atoms with van der Waals surface area (Å²) in [5, 5.41) is 10.7. The van der Waals surface area contributed by atoms with Crippen molar-refractivity contribution in [2.75, 3.05) is 12.3 Å². The van der Waals surface area contributed by atoms with Gasteiger partial charge in [0.2, 0.25) is 11.1 Å². The second-order valence-corrected chi connectivity index (χ2v) is 7.84. The maximum atomic E-state index is 12.0. The van der Waals surface area contributed by atoms with Gasteiger partial charge >= 0.3 is 0 Å². The number of benzene rings is 1. The fourth-order valence-corrected chi connectivity index (χ4v) is 4.02. The van der Waals surface area contributed by atoms with Crippen molar-refractivity contribution < 1.29 is 4.79 Å². The minimum Gasteiger partial charge on any atom is -0.355 e. The highest BCUT2D eigenvalue weighted by atomic mass is 79.9. The molecule has 1 heterocycles. The smallest absolute Gasteiger partial charge is 0.230 e. The number of carbonyl (C=O) groups excluding carboxylic acids is 1. The molecule has 7 heteroatoms. The van der Waals surface area contributed by atoms with Gasteiger partial charge in [0.05, 0.1) is 5.75 Å². The summed E-state index contributed by atoms with van der Waals surface area (Å²) in [4.78, 5) is 16.4. The number of halogens is 1. The average Bonchev–Trinajstić information content (AvgIpc) is 3.08. The number of amides is 1. The van der Waals surface area contributed by atoms with Crippen LogP contribution in [-0.2, 0) is 4.79 Å². The number of aromatic amines is 1. The van der Waals surface area contributed by atoms with Gasteiger partial charge < -0.3 is 5.32 Å². The maximum absolute atomic E-state index is 12.0. The van der Waals surface area contributed by atoms with Crippen LogP contribution in [0.15, 0.2) is 33.9 Å². The van der Waals surface area contributed by atoms with Crippen LogP contribution in [0.1, 0.15) is 32.1 Å². The number of carbonyl (C=O) groups is 1. The molecule has 3 rings (SSSR count). The highest BCUT2D eigenvalue weighted by Crippen LogP contribution is 2.26. The molecule has 5 nitrogen and oxygen atoms in total. The van der Waals surface area contributed by atoms with Gasteiger partial charge in [-0.25, -0.2) is 4.98 Å². The Morgan fingerprint density at radius 2 is 2.08 bits per heavy atom. The van der Waals surface area contributed by atoms with Gasteiger partial charge in [-0.3, -0.25) is 9.89 Å². The Bertz CT molecular complexity index is 685. The van der Waals surface area contributed by atoms with Crippen molar-refractivity contribution in [2.45, 2.75) is 37.3 Å². The fourth-order valence-electron chi connectivity index (χ4n) is 2.92. The van der Waals surface area contributed by atoms with Crippen LogP contribution in [0.5, 0.6) is 0 Å². The number of rotatable bonds is 6. The monoisotopic (exact) mass is 408 g/mol. The van der Waals surface area contributed by atoms with Crippen LogP contribution >= 0.6 is 27.7 Å². The molecule has 2 aromatic rings. The Morgan fingerprint density at radius 1 is 1.29 bits per heavy atom. The number of nitrogens with one attached hydrogen (secondary N) is 2. The van der Waals surface area contributed by atoms with Crippen molar-refractivity contribution in [3.05, 3.63) is 28.7 Å². The first kappa shape index (κ1) is 17.5. The van der Waals surface area contributed by atoms with Gasteiger partial charge in [-0.2, -0.15) is 0 Å². The second-order valence-electron chi connectivity index (χ2n) is 6.04. The number of hydrogen-bond acceptors (Lipinski definition) is 4. The molecule has 1 aromatic carbocycles. The Kier molecular flexibility index (Phi) is 6.31. The van der Waals surface area contributed by atoms with Crippen LogP contribution in [0.2, 0.25) is 0 Å². The molecule has 1 saturated carbocycles. The molecule has 128 valence electrons. The Morgan fingerprint density at radius 3 is 2.88 bits per heavy atom. The van der Waals surface area contributed by atoms with Gasteiger partial charge in [0.15, 0.2) is 5.82 Å². The van der Waals surface area contributed by atoms with E-state index in [0.717, 1.165) is 16.6 Å². The molecule has 1 aliphatic carbocycles. The summed E-state index contributed by atoms with van der Waals surface area (Å²) in [5.74, 6) is 1.75. The van der Waals surface area contributed by atoms with Crippen LogP contribution < -0.4 is 5.32 Å². The van der Waals surface area contributed by atoms with Crippen LogP contribution in [0.4, 0.5) is 0 Å². The number of aromatic nitrogens is 3. The first-order chi connectivity index (χ1) is 11.7. The van der Waals surface area contributed by atoms with Crippen molar-refractivity contribution >= 4 is 33.6 Å². The molecule has 24 heavy (non-hydrogen) atoms. The molecule has 0 radical (unpaired) electrons. The Labute approximate surface area is 154 Å². The van der Waals surface area contributed by atoms with E-state index in [1.54, 1.807) is 0 Å². The van der Waals surface area contributed by atoms with Gasteiger partial charge in [0.1, 0.15) is 0 Å². The number of nitrogens with zero attached hydrogens (tertiary/aromatic N) is 2. The minimum absolute atomic E-state index is 0.0535. The van der Waals surface area contributed by atoms with E-state index in [4.69, 9.17) is 0 Å². The van der Waals surface area contributed by atoms with Crippen LogP contribution in [0, 0.1) is 5.92 Å². The van der Waals surface area contributed by atoms with Gasteiger partial charge in [-0.15, -0.1) is 5.10 Å². The lowest BCUT2D eigenvalue weighted by Crippen LogP contribution is -2.31. The zero-order chi connectivity index (χ0) is 16.8. The summed E-state index contributed by atoms with van der Waals surface area (Å²) in [6.45, 7) is 0.801. The molecule has 0 spiro atoms. The van der Waals surface area contributed by atoms with Crippen molar-refractivity contribution in [1.82, 2.24) is 20.5 Å². The third-order valence-corrected chi connectivity index (χ3v) is 5.78. The van der Waals surface area contributed by atoms with Gasteiger partial charge in [0, 0.05) is 16.6 Å². The molecular weight excluding hydrogens is 388 g/mol. The zero-order valence-corrected chi connectivity index (χ0v) is 15.8. The molecule has 0 saturated heterocycles. The van der Waals surface area contributed by atoms with Crippen molar-refractivity contribution in [2.24, 2.45) is 5.92 Å². The first-order valence-corrected chi connectivity index (χ1v) is 10.1. The minimum atomic E-state index is 0.0535. The molecule has 0 unspecified atom stereocenters.